The fourth-order valence-electron chi connectivity index (χ4n) is 0.662. The van der Waals surface area contributed by atoms with Crippen molar-refractivity contribution in [3.63, 3.8) is 0 Å². The Morgan fingerprint density at radius 1 is 1.80 bits per heavy atom. The van der Waals surface area contributed by atoms with Gasteiger partial charge >= 0.3 is 69.7 Å². The third-order valence-corrected chi connectivity index (χ3v) is 2.13. The van der Waals surface area contributed by atoms with E-state index in [9.17, 15) is 0 Å². The molecule has 0 saturated heterocycles. The zero-order valence-electron chi connectivity index (χ0n) is 5.57. The fourth-order valence-corrected chi connectivity index (χ4v) is 1.19. The molecule has 2 N–H and O–H groups in total. The molecule has 0 bridgehead atoms. The van der Waals surface area contributed by atoms with Gasteiger partial charge in [-0.3, -0.25) is 0 Å². The standard InChI is InChI=1S/C6H8N3.Ga/c7-5-8-4-6-2-1-3-9-6;/h1-4H,5,7H2;/q-1;+1/b8-4+;. The molecule has 10 heavy (non-hydrogen) atoms. The molecule has 1 aromatic heterocycles. The average molecular weight is 192 g/mol. The van der Waals surface area contributed by atoms with Crippen molar-refractivity contribution in [2.75, 3.05) is 6.67 Å². The normalized spacial score (nSPS) is 10.9. The van der Waals surface area contributed by atoms with Crippen molar-refractivity contribution in [3.05, 3.63) is 24.0 Å². The molecular weight excluding hydrogens is 184 g/mol. The zero-order chi connectivity index (χ0) is 7.40. The van der Waals surface area contributed by atoms with Crippen molar-refractivity contribution in [2.45, 2.75) is 0 Å². The van der Waals surface area contributed by atoms with Crippen LogP contribution >= 0.6 is 0 Å². The molecule has 0 aromatic carbocycles. The van der Waals surface area contributed by atoms with Crippen LogP contribution in [0.25, 0.3) is 0 Å². The number of hydrogen-bond donors (Lipinski definition) is 1. The first kappa shape index (κ1) is 7.65. The number of rotatable bonds is 2. The van der Waals surface area contributed by atoms with Gasteiger partial charge in [-0.05, 0) is 0 Å². The van der Waals surface area contributed by atoms with Gasteiger partial charge in [0.15, 0.2) is 0 Å². The van der Waals surface area contributed by atoms with Crippen LogP contribution in [0.5, 0.6) is 0 Å². The van der Waals surface area contributed by atoms with E-state index in [1.54, 1.807) is 6.21 Å². The summed E-state index contributed by atoms with van der Waals surface area (Å²) in [7, 11) is 0. The second-order valence-corrected chi connectivity index (χ2v) is 3.00. The average Bonchev–Trinajstić information content (AvgIpc) is 2.31. The molecule has 0 fully saturated rings. The second-order valence-electron chi connectivity index (χ2n) is 1.83. The molecule has 0 saturated carbocycles. The van der Waals surface area contributed by atoms with E-state index in [4.69, 9.17) is 5.73 Å². The number of hydrogen-bond acceptors (Lipinski definition) is 2. The Labute approximate surface area is 70.1 Å². The molecule has 0 amide bonds. The van der Waals surface area contributed by atoms with Gasteiger partial charge in [0.05, 0.1) is 0 Å². The van der Waals surface area contributed by atoms with Crippen molar-refractivity contribution in [3.8, 4) is 0 Å². The maximum absolute atomic E-state index is 5.19. The number of nitrogens with two attached hydrogens (primary N) is 1. The summed E-state index contributed by atoms with van der Waals surface area (Å²) in [5, 5.41) is 0. The predicted octanol–water partition coefficient (Wildman–Crippen LogP) is -0.245. The summed E-state index contributed by atoms with van der Waals surface area (Å²) in [4.78, 5) is 3.92. The molecule has 1 heterocycles. The van der Waals surface area contributed by atoms with Crippen molar-refractivity contribution >= 4 is 25.1 Å². The molecule has 4 heteroatoms. The summed E-state index contributed by atoms with van der Waals surface area (Å²) >= 11 is 1.53. The predicted molar refractivity (Wildman–Crippen MR) is 42.2 cm³/mol. The molecule has 3 nitrogen and oxygen atoms in total. The van der Waals surface area contributed by atoms with Crippen LogP contribution in [0.2, 0.25) is 0 Å². The van der Waals surface area contributed by atoms with E-state index in [2.05, 4.69) is 4.99 Å². The van der Waals surface area contributed by atoms with Crippen LogP contribution in [0.15, 0.2) is 23.3 Å². The van der Waals surface area contributed by atoms with Crippen LogP contribution < -0.4 is 5.73 Å². The summed E-state index contributed by atoms with van der Waals surface area (Å²) in [6.07, 6.45) is 3.78. The SMILES string of the molecule is NC/N=C/c1ccc[n]1[Ga]. The van der Waals surface area contributed by atoms with Crippen LogP contribution in [-0.2, 0) is 0 Å². The van der Waals surface area contributed by atoms with Gasteiger partial charge in [0, 0.05) is 0 Å². The fraction of sp³-hybridized carbons (Fsp3) is 0.167. The Balaban J connectivity index is 2.74. The monoisotopic (exact) mass is 191 g/mol. The molecule has 1 rings (SSSR count). The Bertz CT molecular complexity index is 229. The Hall–Kier alpha value is -0.454. The van der Waals surface area contributed by atoms with Gasteiger partial charge in [-0.25, -0.2) is 0 Å². The van der Waals surface area contributed by atoms with Crippen LogP contribution in [0.3, 0.4) is 0 Å². The quantitative estimate of drug-likeness (QED) is 0.509. The molecule has 0 spiro atoms. The summed E-state index contributed by atoms with van der Waals surface area (Å²) in [6.45, 7) is 0.359. The van der Waals surface area contributed by atoms with Crippen molar-refractivity contribution in [1.29, 1.82) is 0 Å². The Morgan fingerprint density at radius 3 is 3.10 bits per heavy atom. The molecule has 0 unspecified atom stereocenters. The molecule has 2 radical (unpaired) electrons. The van der Waals surface area contributed by atoms with Gasteiger partial charge in [-0.15, -0.1) is 0 Å². The van der Waals surface area contributed by atoms with Gasteiger partial charge in [0.2, 0.25) is 0 Å². The topological polar surface area (TPSA) is 43.3 Å². The van der Waals surface area contributed by atoms with Gasteiger partial charge in [0.25, 0.3) is 0 Å². The molecule has 50 valence electrons. The molecule has 0 atom stereocenters. The van der Waals surface area contributed by atoms with Gasteiger partial charge in [0.1, 0.15) is 0 Å². The van der Waals surface area contributed by atoms with Crippen LogP contribution in [0.4, 0.5) is 0 Å². The summed E-state index contributed by atoms with van der Waals surface area (Å²) < 4.78 is 2.05. The van der Waals surface area contributed by atoms with Gasteiger partial charge in [-0.2, -0.15) is 0 Å². The molecule has 0 aliphatic rings. The number of aliphatic imine (C=N–C) groups is 1. The van der Waals surface area contributed by atoms with E-state index in [1.807, 2.05) is 21.6 Å². The van der Waals surface area contributed by atoms with Gasteiger partial charge in [-0.1, -0.05) is 0 Å². The Kier molecular flexibility index (Phi) is 2.79. The molecule has 0 aliphatic heterocycles. The van der Waals surface area contributed by atoms with Crippen LogP contribution in [0.1, 0.15) is 5.69 Å². The van der Waals surface area contributed by atoms with Crippen molar-refractivity contribution in [1.82, 2.24) is 3.27 Å². The zero-order valence-corrected chi connectivity index (χ0v) is 7.99. The van der Waals surface area contributed by atoms with Crippen molar-refractivity contribution in [2.24, 2.45) is 10.7 Å². The minimum atomic E-state index is 0.359. The summed E-state index contributed by atoms with van der Waals surface area (Å²) in [6, 6.07) is 3.99. The maximum atomic E-state index is 5.19. The number of nitrogens with zero attached hydrogens (tertiary/aromatic N) is 2. The first-order chi connectivity index (χ1) is 4.84. The van der Waals surface area contributed by atoms with Crippen molar-refractivity contribution < 1.29 is 0 Å². The summed E-state index contributed by atoms with van der Waals surface area (Å²) in [5.74, 6) is 0. The third kappa shape index (κ3) is 1.76. The first-order valence-electron chi connectivity index (χ1n) is 2.97. The van der Waals surface area contributed by atoms with E-state index in [0.717, 1.165) is 5.69 Å². The first-order valence-corrected chi connectivity index (χ1v) is 4.05. The second kappa shape index (κ2) is 3.65. The van der Waals surface area contributed by atoms with E-state index in [-0.39, 0.29) is 0 Å². The Morgan fingerprint density at radius 2 is 2.60 bits per heavy atom. The molecule has 0 aliphatic carbocycles. The van der Waals surface area contributed by atoms with Crippen LogP contribution in [0, 0.1) is 0 Å². The van der Waals surface area contributed by atoms with E-state index in [0.29, 0.717) is 6.67 Å². The van der Waals surface area contributed by atoms with E-state index in [1.165, 1.54) is 18.8 Å². The van der Waals surface area contributed by atoms with E-state index < -0.39 is 0 Å². The summed E-state index contributed by atoms with van der Waals surface area (Å²) in [5.41, 5.74) is 6.30. The molecular formula is C6H8GaN3. The van der Waals surface area contributed by atoms with Gasteiger partial charge < -0.3 is 0 Å². The minimum absolute atomic E-state index is 0.359. The third-order valence-electron chi connectivity index (χ3n) is 1.14. The van der Waals surface area contributed by atoms with Crippen LogP contribution in [-0.4, -0.2) is 35.0 Å². The number of aromatic nitrogens is 1. The van der Waals surface area contributed by atoms with E-state index >= 15 is 0 Å². The molecule has 1 aromatic rings.